The number of thiazole rings is 1. The standard InChI is InChI=1S/C32H26ClF3N2O6S/c1-4-43-30(40)26-27(19-7-9-21(33)10-8-19)38-29(39)25(45-31(38)37-28(26)32(34,35)36)15-18-5-11-22(12-6-18)44-17-20-16-23(41-2)13-14-24(20)42-3/h5-16,27H,4,17H2,1-3H3/b25-15-/t27-/m0/s1. The van der Waals surface area contributed by atoms with E-state index in [0.717, 1.165) is 21.5 Å². The van der Waals surface area contributed by atoms with Gasteiger partial charge >= 0.3 is 12.1 Å². The maximum Gasteiger partial charge on any atom is 0.434 e. The van der Waals surface area contributed by atoms with Crippen LogP contribution in [0.15, 0.2) is 87.8 Å². The van der Waals surface area contributed by atoms with Crippen LogP contribution < -0.4 is 29.1 Å². The fraction of sp³-hybridized carbons (Fsp3) is 0.219. The number of nitrogens with zero attached hydrogens (tertiary/aromatic N) is 2. The van der Waals surface area contributed by atoms with E-state index >= 15 is 0 Å². The van der Waals surface area contributed by atoms with Crippen molar-refractivity contribution in [1.29, 1.82) is 0 Å². The highest BCUT2D eigenvalue weighted by Crippen LogP contribution is 2.38. The number of allylic oxidation sites excluding steroid dienone is 1. The molecule has 0 saturated heterocycles. The smallest absolute Gasteiger partial charge is 0.434 e. The van der Waals surface area contributed by atoms with Crippen LogP contribution in [0.4, 0.5) is 13.2 Å². The van der Waals surface area contributed by atoms with Crippen molar-refractivity contribution in [2.24, 2.45) is 4.99 Å². The molecule has 1 aliphatic heterocycles. The number of esters is 1. The number of benzene rings is 3. The van der Waals surface area contributed by atoms with Crippen molar-refractivity contribution in [3.05, 3.63) is 119 Å². The second-order valence-electron chi connectivity index (χ2n) is 9.65. The SMILES string of the molecule is CCOC(=O)C1=C(C(F)(F)F)N=c2s/c(=C\c3ccc(OCc4cc(OC)ccc4OC)cc3)c(=O)n2[C@H]1c1ccc(Cl)cc1. The number of hydrogen-bond donors (Lipinski definition) is 0. The average Bonchev–Trinajstić information content (AvgIpc) is 3.34. The van der Waals surface area contributed by atoms with Crippen molar-refractivity contribution < 1.29 is 36.9 Å². The molecule has 5 rings (SSSR count). The van der Waals surface area contributed by atoms with Gasteiger partial charge in [-0.2, -0.15) is 13.2 Å². The van der Waals surface area contributed by atoms with Crippen LogP contribution in [0.2, 0.25) is 5.02 Å². The molecule has 0 amide bonds. The molecule has 0 unspecified atom stereocenters. The van der Waals surface area contributed by atoms with E-state index in [9.17, 15) is 22.8 Å². The molecule has 0 aliphatic carbocycles. The summed E-state index contributed by atoms with van der Waals surface area (Å²) in [7, 11) is 3.12. The van der Waals surface area contributed by atoms with E-state index in [0.29, 0.717) is 27.8 Å². The van der Waals surface area contributed by atoms with E-state index in [1.54, 1.807) is 56.7 Å². The Hall–Kier alpha value is -4.55. The van der Waals surface area contributed by atoms with Crippen molar-refractivity contribution in [3.8, 4) is 17.2 Å². The Labute approximate surface area is 264 Å². The molecule has 1 aliphatic rings. The quantitative estimate of drug-likeness (QED) is 0.218. The molecule has 0 saturated carbocycles. The molecule has 2 heterocycles. The molecule has 0 radical (unpaired) electrons. The molecule has 0 spiro atoms. The largest absolute Gasteiger partial charge is 0.497 e. The first-order valence-corrected chi connectivity index (χ1v) is 14.7. The van der Waals surface area contributed by atoms with Crippen molar-refractivity contribution >= 4 is 35.0 Å². The summed E-state index contributed by atoms with van der Waals surface area (Å²) in [6.07, 6.45) is -3.45. The summed E-state index contributed by atoms with van der Waals surface area (Å²) >= 11 is 6.80. The third-order valence-corrected chi connectivity index (χ3v) is 8.08. The third-order valence-electron chi connectivity index (χ3n) is 6.84. The lowest BCUT2D eigenvalue weighted by Gasteiger charge is -2.26. The zero-order chi connectivity index (χ0) is 32.3. The summed E-state index contributed by atoms with van der Waals surface area (Å²) in [6, 6.07) is 16.6. The van der Waals surface area contributed by atoms with E-state index in [4.69, 9.17) is 30.5 Å². The van der Waals surface area contributed by atoms with E-state index in [-0.39, 0.29) is 28.1 Å². The van der Waals surface area contributed by atoms with Crippen LogP contribution in [-0.2, 0) is 16.1 Å². The van der Waals surface area contributed by atoms with E-state index < -0.39 is 35.0 Å². The second kappa shape index (κ2) is 13.2. The van der Waals surface area contributed by atoms with Gasteiger partial charge in [0.15, 0.2) is 10.5 Å². The molecule has 0 fully saturated rings. The molecule has 8 nitrogen and oxygen atoms in total. The van der Waals surface area contributed by atoms with Gasteiger partial charge in [0.25, 0.3) is 5.56 Å². The number of ether oxygens (including phenoxy) is 4. The number of alkyl halides is 3. The van der Waals surface area contributed by atoms with Gasteiger partial charge in [-0.25, -0.2) is 9.79 Å². The van der Waals surface area contributed by atoms with Gasteiger partial charge in [0, 0.05) is 10.6 Å². The van der Waals surface area contributed by atoms with Gasteiger partial charge in [-0.1, -0.05) is 47.2 Å². The lowest BCUT2D eigenvalue weighted by Crippen LogP contribution is -2.41. The molecule has 4 aromatic rings. The number of hydrogen-bond acceptors (Lipinski definition) is 8. The summed E-state index contributed by atoms with van der Waals surface area (Å²) in [5.74, 6) is 0.612. The summed E-state index contributed by atoms with van der Waals surface area (Å²) < 4.78 is 65.6. The summed E-state index contributed by atoms with van der Waals surface area (Å²) in [5.41, 5.74) is -1.20. The number of halogens is 4. The molecule has 1 aromatic heterocycles. The van der Waals surface area contributed by atoms with E-state index in [2.05, 4.69) is 4.99 Å². The minimum absolute atomic E-state index is 0.120. The molecule has 0 N–H and O–H groups in total. The predicted octanol–water partition coefficient (Wildman–Crippen LogP) is 5.59. The van der Waals surface area contributed by atoms with Gasteiger partial charge in [0.1, 0.15) is 23.9 Å². The Balaban J connectivity index is 1.53. The molecular weight excluding hydrogens is 633 g/mol. The van der Waals surface area contributed by atoms with Crippen LogP contribution >= 0.6 is 22.9 Å². The van der Waals surface area contributed by atoms with Crippen molar-refractivity contribution in [3.63, 3.8) is 0 Å². The minimum Gasteiger partial charge on any atom is -0.497 e. The fourth-order valence-electron chi connectivity index (χ4n) is 4.77. The predicted molar refractivity (Wildman–Crippen MR) is 163 cm³/mol. The van der Waals surface area contributed by atoms with Gasteiger partial charge < -0.3 is 18.9 Å². The number of carbonyl (C=O) groups is 1. The summed E-state index contributed by atoms with van der Waals surface area (Å²) in [5, 5.41) is 0.332. The Morgan fingerprint density at radius 1 is 1.02 bits per heavy atom. The Kier molecular flexibility index (Phi) is 9.35. The number of rotatable bonds is 9. The van der Waals surface area contributed by atoms with Crippen molar-refractivity contribution in [1.82, 2.24) is 4.57 Å². The maximum absolute atomic E-state index is 14.3. The van der Waals surface area contributed by atoms with Gasteiger partial charge in [-0.15, -0.1) is 0 Å². The zero-order valence-electron chi connectivity index (χ0n) is 24.2. The molecule has 3 aromatic carbocycles. The van der Waals surface area contributed by atoms with Crippen LogP contribution in [0.1, 0.15) is 29.7 Å². The number of carbonyl (C=O) groups excluding carboxylic acids is 1. The Morgan fingerprint density at radius 3 is 2.33 bits per heavy atom. The monoisotopic (exact) mass is 658 g/mol. The third kappa shape index (κ3) is 6.76. The molecule has 13 heteroatoms. The van der Waals surface area contributed by atoms with Crippen LogP contribution in [0.3, 0.4) is 0 Å². The van der Waals surface area contributed by atoms with E-state index in [1.165, 1.54) is 31.2 Å². The topological polar surface area (TPSA) is 88.4 Å². The summed E-state index contributed by atoms with van der Waals surface area (Å²) in [6.45, 7) is 1.51. The van der Waals surface area contributed by atoms with Crippen molar-refractivity contribution in [2.45, 2.75) is 25.7 Å². The molecule has 0 bridgehead atoms. The molecule has 45 heavy (non-hydrogen) atoms. The minimum atomic E-state index is -4.99. The van der Waals surface area contributed by atoms with Gasteiger partial charge in [0.05, 0.1) is 37.0 Å². The van der Waals surface area contributed by atoms with Crippen LogP contribution in [0.5, 0.6) is 17.2 Å². The normalized spacial score (nSPS) is 14.9. The fourth-order valence-corrected chi connectivity index (χ4v) is 5.90. The Morgan fingerprint density at radius 2 is 1.71 bits per heavy atom. The Bertz CT molecular complexity index is 1930. The van der Waals surface area contributed by atoms with Gasteiger partial charge in [-0.05, 0) is 66.6 Å². The van der Waals surface area contributed by atoms with Crippen LogP contribution in [0.25, 0.3) is 6.08 Å². The number of methoxy groups -OCH3 is 2. The first kappa shape index (κ1) is 31.9. The van der Waals surface area contributed by atoms with Gasteiger partial charge in [0.2, 0.25) is 0 Å². The molecule has 234 valence electrons. The highest BCUT2D eigenvalue weighted by Gasteiger charge is 2.45. The van der Waals surface area contributed by atoms with Crippen molar-refractivity contribution in [2.75, 3.05) is 20.8 Å². The van der Waals surface area contributed by atoms with Crippen LogP contribution in [-0.4, -0.2) is 37.5 Å². The first-order chi connectivity index (χ1) is 21.5. The lowest BCUT2D eigenvalue weighted by molar-refractivity contribution is -0.140. The zero-order valence-corrected chi connectivity index (χ0v) is 25.8. The highest BCUT2D eigenvalue weighted by molar-refractivity contribution is 7.07. The second-order valence-corrected chi connectivity index (χ2v) is 11.1. The van der Waals surface area contributed by atoms with Crippen LogP contribution in [0, 0.1) is 0 Å². The number of aromatic nitrogens is 1. The first-order valence-electron chi connectivity index (χ1n) is 13.5. The molecule has 1 atom stereocenters. The molecular formula is C32H26ClF3N2O6S. The van der Waals surface area contributed by atoms with E-state index in [1.807, 2.05) is 6.07 Å². The van der Waals surface area contributed by atoms with Gasteiger partial charge in [-0.3, -0.25) is 9.36 Å². The maximum atomic E-state index is 14.3. The lowest BCUT2D eigenvalue weighted by atomic mass is 9.95. The highest BCUT2D eigenvalue weighted by atomic mass is 35.5. The average molecular weight is 659 g/mol. The number of fused-ring (bicyclic) bond motifs is 1. The summed E-state index contributed by atoms with van der Waals surface area (Å²) in [4.78, 5) is 30.3.